The average Bonchev–Trinajstić information content (AvgIpc) is 2.91. The van der Waals surface area contributed by atoms with Crippen molar-refractivity contribution in [3.8, 4) is 0 Å². The van der Waals surface area contributed by atoms with Crippen LogP contribution in [0.2, 0.25) is 0 Å². The van der Waals surface area contributed by atoms with Gasteiger partial charge in [-0.25, -0.2) is 4.79 Å². The van der Waals surface area contributed by atoms with Gasteiger partial charge in [-0.2, -0.15) is 0 Å². The third-order valence-corrected chi connectivity index (χ3v) is 3.74. The first-order chi connectivity index (χ1) is 11.1. The standard InChI is InChI=1S/C17H25N3O3/c1-3-4-5-10-18-14-6-8-15(9-7-14)20-12-16(23-17(20)22)11-19-13(2)21/h6-9,16,18H,3-5,10-12H2,1-2H3,(H,19,21). The van der Waals surface area contributed by atoms with Crippen LogP contribution in [0, 0.1) is 0 Å². The molecule has 2 amide bonds. The number of rotatable bonds is 8. The summed E-state index contributed by atoms with van der Waals surface area (Å²) >= 11 is 0. The molecule has 6 nitrogen and oxygen atoms in total. The van der Waals surface area contributed by atoms with Gasteiger partial charge in [-0.3, -0.25) is 9.69 Å². The Morgan fingerprint density at radius 1 is 1.30 bits per heavy atom. The number of unbranched alkanes of at least 4 members (excludes halogenated alkanes) is 2. The minimum atomic E-state index is -0.371. The molecule has 0 bridgehead atoms. The lowest BCUT2D eigenvalue weighted by Gasteiger charge is -2.14. The van der Waals surface area contributed by atoms with Gasteiger partial charge in [0.15, 0.2) is 0 Å². The topological polar surface area (TPSA) is 70.7 Å². The van der Waals surface area contributed by atoms with Crippen molar-refractivity contribution in [2.75, 3.05) is 29.9 Å². The van der Waals surface area contributed by atoms with Crippen molar-refractivity contribution in [3.05, 3.63) is 24.3 Å². The Hall–Kier alpha value is -2.24. The highest BCUT2D eigenvalue weighted by atomic mass is 16.6. The summed E-state index contributed by atoms with van der Waals surface area (Å²) in [6.07, 6.45) is 2.90. The molecule has 1 aromatic carbocycles. The second-order valence-electron chi connectivity index (χ2n) is 5.73. The van der Waals surface area contributed by atoms with Crippen molar-refractivity contribution >= 4 is 23.4 Å². The molecular weight excluding hydrogens is 294 g/mol. The lowest BCUT2D eigenvalue weighted by molar-refractivity contribution is -0.119. The van der Waals surface area contributed by atoms with Crippen LogP contribution in [0.3, 0.4) is 0 Å². The molecule has 1 atom stereocenters. The van der Waals surface area contributed by atoms with Crippen LogP contribution >= 0.6 is 0 Å². The van der Waals surface area contributed by atoms with Crippen LogP contribution < -0.4 is 15.5 Å². The number of cyclic esters (lactones) is 1. The van der Waals surface area contributed by atoms with Gasteiger partial charge in [0.1, 0.15) is 6.10 Å². The van der Waals surface area contributed by atoms with Crippen LogP contribution in [0.25, 0.3) is 0 Å². The normalized spacial score (nSPS) is 17.0. The van der Waals surface area contributed by atoms with Crippen molar-refractivity contribution in [3.63, 3.8) is 0 Å². The van der Waals surface area contributed by atoms with Crippen LogP contribution in [0.15, 0.2) is 24.3 Å². The molecule has 1 heterocycles. The third kappa shape index (κ3) is 5.16. The molecule has 1 fully saturated rings. The highest BCUT2D eigenvalue weighted by Crippen LogP contribution is 2.23. The van der Waals surface area contributed by atoms with Crippen molar-refractivity contribution in [1.82, 2.24) is 5.32 Å². The molecule has 2 rings (SSSR count). The Kier molecular flexibility index (Phi) is 6.26. The number of anilines is 2. The van der Waals surface area contributed by atoms with Gasteiger partial charge < -0.3 is 15.4 Å². The SMILES string of the molecule is CCCCCNc1ccc(N2CC(CNC(C)=O)OC2=O)cc1. The van der Waals surface area contributed by atoms with Gasteiger partial charge in [0.05, 0.1) is 13.1 Å². The second-order valence-corrected chi connectivity index (χ2v) is 5.73. The maximum Gasteiger partial charge on any atom is 0.414 e. The first-order valence-corrected chi connectivity index (χ1v) is 8.16. The summed E-state index contributed by atoms with van der Waals surface area (Å²) in [6.45, 7) is 5.37. The van der Waals surface area contributed by atoms with Gasteiger partial charge in [0.2, 0.25) is 5.91 Å². The van der Waals surface area contributed by atoms with Crippen molar-refractivity contribution in [1.29, 1.82) is 0 Å². The first-order valence-electron chi connectivity index (χ1n) is 8.16. The number of carbonyl (C=O) groups excluding carboxylic acids is 2. The van der Waals surface area contributed by atoms with Gasteiger partial charge in [0, 0.05) is 24.8 Å². The predicted octanol–water partition coefficient (Wildman–Crippen LogP) is 2.75. The molecule has 1 saturated heterocycles. The maximum atomic E-state index is 11.9. The fraction of sp³-hybridized carbons (Fsp3) is 0.529. The number of nitrogens with zero attached hydrogens (tertiary/aromatic N) is 1. The van der Waals surface area contributed by atoms with E-state index in [4.69, 9.17) is 4.74 Å². The van der Waals surface area contributed by atoms with Crippen LogP contribution in [-0.2, 0) is 9.53 Å². The highest BCUT2D eigenvalue weighted by Gasteiger charge is 2.32. The second kappa shape index (κ2) is 8.41. The van der Waals surface area contributed by atoms with Gasteiger partial charge in [0.25, 0.3) is 0 Å². The predicted molar refractivity (Wildman–Crippen MR) is 90.8 cm³/mol. The molecule has 23 heavy (non-hydrogen) atoms. The summed E-state index contributed by atoms with van der Waals surface area (Å²) in [6, 6.07) is 7.75. The van der Waals surface area contributed by atoms with Gasteiger partial charge in [-0.15, -0.1) is 0 Å². The summed E-state index contributed by atoms with van der Waals surface area (Å²) in [5.74, 6) is -0.127. The minimum absolute atomic E-state index is 0.127. The van der Waals surface area contributed by atoms with E-state index in [1.807, 2.05) is 24.3 Å². The summed E-state index contributed by atoms with van der Waals surface area (Å²) in [7, 11) is 0. The number of hydrogen-bond donors (Lipinski definition) is 2. The molecule has 0 aliphatic carbocycles. The van der Waals surface area contributed by atoms with E-state index in [2.05, 4.69) is 17.6 Å². The molecule has 1 unspecified atom stereocenters. The van der Waals surface area contributed by atoms with E-state index in [1.54, 1.807) is 4.90 Å². The van der Waals surface area contributed by atoms with E-state index in [0.29, 0.717) is 13.1 Å². The molecule has 6 heteroatoms. The Morgan fingerprint density at radius 3 is 2.70 bits per heavy atom. The number of nitrogens with one attached hydrogen (secondary N) is 2. The van der Waals surface area contributed by atoms with E-state index in [1.165, 1.54) is 19.8 Å². The molecule has 0 radical (unpaired) electrons. The fourth-order valence-electron chi connectivity index (χ4n) is 2.46. The van der Waals surface area contributed by atoms with Crippen LogP contribution in [-0.4, -0.2) is 37.7 Å². The Morgan fingerprint density at radius 2 is 2.04 bits per heavy atom. The first kappa shape index (κ1) is 17.1. The number of benzene rings is 1. The summed E-state index contributed by atoms with van der Waals surface area (Å²) in [4.78, 5) is 24.5. The summed E-state index contributed by atoms with van der Waals surface area (Å²) < 4.78 is 5.26. The Bertz CT molecular complexity index is 530. The Balaban J connectivity index is 1.86. The lowest BCUT2D eigenvalue weighted by atomic mass is 10.2. The average molecular weight is 319 g/mol. The Labute approximate surface area is 137 Å². The zero-order valence-corrected chi connectivity index (χ0v) is 13.8. The minimum Gasteiger partial charge on any atom is -0.442 e. The number of amides is 2. The van der Waals surface area contributed by atoms with Crippen molar-refractivity contribution in [2.45, 2.75) is 39.2 Å². The number of hydrogen-bond acceptors (Lipinski definition) is 4. The molecule has 2 N–H and O–H groups in total. The van der Waals surface area contributed by atoms with E-state index in [-0.39, 0.29) is 18.1 Å². The lowest BCUT2D eigenvalue weighted by Crippen LogP contribution is -2.33. The number of carbonyl (C=O) groups is 2. The fourth-order valence-corrected chi connectivity index (χ4v) is 2.46. The van der Waals surface area contributed by atoms with E-state index in [0.717, 1.165) is 24.3 Å². The quantitative estimate of drug-likeness (QED) is 0.723. The smallest absolute Gasteiger partial charge is 0.414 e. The molecule has 0 spiro atoms. The highest BCUT2D eigenvalue weighted by molar-refractivity contribution is 5.90. The van der Waals surface area contributed by atoms with Crippen LogP contribution in [0.4, 0.5) is 16.2 Å². The molecule has 126 valence electrons. The van der Waals surface area contributed by atoms with Crippen LogP contribution in [0.1, 0.15) is 33.1 Å². The van der Waals surface area contributed by atoms with Crippen molar-refractivity contribution < 1.29 is 14.3 Å². The largest absolute Gasteiger partial charge is 0.442 e. The molecule has 0 saturated carbocycles. The zero-order valence-electron chi connectivity index (χ0n) is 13.8. The zero-order chi connectivity index (χ0) is 16.7. The molecule has 1 aliphatic rings. The van der Waals surface area contributed by atoms with Gasteiger partial charge in [-0.1, -0.05) is 19.8 Å². The van der Waals surface area contributed by atoms with Gasteiger partial charge >= 0.3 is 6.09 Å². The van der Waals surface area contributed by atoms with E-state index in [9.17, 15) is 9.59 Å². The monoisotopic (exact) mass is 319 g/mol. The maximum absolute atomic E-state index is 11.9. The summed E-state index contributed by atoms with van der Waals surface area (Å²) in [5.41, 5.74) is 1.85. The van der Waals surface area contributed by atoms with E-state index >= 15 is 0 Å². The molecule has 1 aromatic rings. The summed E-state index contributed by atoms with van der Waals surface area (Å²) in [5, 5.41) is 6.04. The number of ether oxygens (including phenoxy) is 1. The molecule has 1 aliphatic heterocycles. The molecule has 0 aromatic heterocycles. The van der Waals surface area contributed by atoms with Gasteiger partial charge in [-0.05, 0) is 30.7 Å². The third-order valence-electron chi connectivity index (χ3n) is 3.74. The van der Waals surface area contributed by atoms with Crippen LogP contribution in [0.5, 0.6) is 0 Å². The van der Waals surface area contributed by atoms with Crippen molar-refractivity contribution in [2.24, 2.45) is 0 Å². The van der Waals surface area contributed by atoms with E-state index < -0.39 is 0 Å². The molecular formula is C17H25N3O3.